The Hall–Kier alpha value is -1.45. The van der Waals surface area contributed by atoms with Gasteiger partial charge in [-0.15, -0.1) is 11.3 Å². The maximum Gasteiger partial charge on any atom is 0.254 e. The first-order chi connectivity index (χ1) is 11.3. The van der Waals surface area contributed by atoms with Gasteiger partial charge in [0.05, 0.1) is 11.8 Å². The van der Waals surface area contributed by atoms with E-state index in [9.17, 15) is 18.0 Å². The third-order valence-corrected chi connectivity index (χ3v) is 5.64. The molecule has 0 spiro atoms. The minimum absolute atomic E-state index is 0.0183. The van der Waals surface area contributed by atoms with Gasteiger partial charge in [0.1, 0.15) is 5.00 Å². The van der Waals surface area contributed by atoms with Crippen molar-refractivity contribution in [2.75, 3.05) is 24.7 Å². The Kier molecular flexibility index (Phi) is 6.36. The second kappa shape index (κ2) is 8.09. The van der Waals surface area contributed by atoms with E-state index in [0.29, 0.717) is 17.1 Å². The number of amides is 2. The molecule has 24 heavy (non-hydrogen) atoms. The number of thiophene rings is 1. The van der Waals surface area contributed by atoms with Crippen LogP contribution in [-0.4, -0.2) is 39.6 Å². The van der Waals surface area contributed by atoms with Crippen molar-refractivity contribution in [3.8, 4) is 0 Å². The summed E-state index contributed by atoms with van der Waals surface area (Å²) in [4.78, 5) is 25.6. The minimum Gasteiger partial charge on any atom is -0.352 e. The van der Waals surface area contributed by atoms with Crippen LogP contribution in [0.2, 0.25) is 0 Å². The predicted molar refractivity (Wildman–Crippen MR) is 95.1 cm³/mol. The molecule has 2 amide bonds. The smallest absolute Gasteiger partial charge is 0.254 e. The molecule has 1 aromatic heterocycles. The van der Waals surface area contributed by atoms with E-state index in [4.69, 9.17) is 0 Å². The van der Waals surface area contributed by atoms with Crippen molar-refractivity contribution in [3.05, 3.63) is 16.0 Å². The van der Waals surface area contributed by atoms with E-state index >= 15 is 0 Å². The van der Waals surface area contributed by atoms with Gasteiger partial charge in [-0.3, -0.25) is 9.59 Å². The van der Waals surface area contributed by atoms with Crippen LogP contribution in [0, 0.1) is 0 Å². The lowest BCUT2D eigenvalue weighted by Gasteiger charge is -2.12. The van der Waals surface area contributed by atoms with Crippen LogP contribution in [0.3, 0.4) is 0 Å². The highest BCUT2D eigenvalue weighted by Crippen LogP contribution is 2.38. The first kappa shape index (κ1) is 18.9. The summed E-state index contributed by atoms with van der Waals surface area (Å²) in [7, 11) is -3.32. The fourth-order valence-corrected chi connectivity index (χ4v) is 4.46. The van der Waals surface area contributed by atoms with Crippen LogP contribution in [0.15, 0.2) is 0 Å². The summed E-state index contributed by atoms with van der Waals surface area (Å²) in [6.45, 7) is 2.41. The molecule has 0 radical (unpaired) electrons. The topological polar surface area (TPSA) is 104 Å². The number of hydrogen-bond donors (Lipinski definition) is 3. The van der Waals surface area contributed by atoms with Crippen LogP contribution in [0.4, 0.5) is 5.00 Å². The highest BCUT2D eigenvalue weighted by Gasteiger charge is 2.25. The van der Waals surface area contributed by atoms with Crippen LogP contribution in [-0.2, 0) is 27.7 Å². The second-order valence-electron chi connectivity index (χ2n) is 5.74. The summed E-state index contributed by atoms with van der Waals surface area (Å²) in [5.41, 5.74) is 1.61. The Balaban J connectivity index is 2.12. The lowest BCUT2D eigenvalue weighted by atomic mass is 9.95. The molecule has 1 heterocycles. The molecule has 0 aromatic carbocycles. The van der Waals surface area contributed by atoms with Gasteiger partial charge in [0.15, 0.2) is 0 Å². The highest BCUT2D eigenvalue weighted by atomic mass is 32.2. The molecule has 0 unspecified atom stereocenters. The molecule has 1 aliphatic carbocycles. The summed E-state index contributed by atoms with van der Waals surface area (Å²) in [5.74, 6) is -0.475. The molecule has 2 rings (SSSR count). The van der Waals surface area contributed by atoms with Gasteiger partial charge in [-0.25, -0.2) is 13.1 Å². The van der Waals surface area contributed by atoms with Crippen molar-refractivity contribution in [1.82, 2.24) is 10.0 Å². The van der Waals surface area contributed by atoms with Gasteiger partial charge < -0.3 is 10.6 Å². The summed E-state index contributed by atoms with van der Waals surface area (Å²) in [5, 5.41) is 6.14. The predicted octanol–water partition coefficient (Wildman–Crippen LogP) is 1.25. The molecule has 0 saturated carbocycles. The maximum absolute atomic E-state index is 12.4. The summed E-state index contributed by atoms with van der Waals surface area (Å²) >= 11 is 1.45. The van der Waals surface area contributed by atoms with Crippen molar-refractivity contribution in [1.29, 1.82) is 0 Å². The van der Waals surface area contributed by atoms with Crippen LogP contribution < -0.4 is 15.4 Å². The number of fused-ring (bicyclic) bond motifs is 1. The average Bonchev–Trinajstić information content (AvgIpc) is 2.83. The summed E-state index contributed by atoms with van der Waals surface area (Å²) < 4.78 is 24.3. The van der Waals surface area contributed by atoms with Crippen molar-refractivity contribution in [3.63, 3.8) is 0 Å². The van der Waals surface area contributed by atoms with Gasteiger partial charge in [-0.2, -0.15) is 0 Å². The molecule has 7 nitrogen and oxygen atoms in total. The summed E-state index contributed by atoms with van der Waals surface area (Å²) in [6.07, 6.45) is 4.98. The number of nitrogens with one attached hydrogen (secondary N) is 3. The standard InChI is InChI=1S/C15H23N3O4S2/c1-3-16-14(20)13-10-6-4-5-7-11(10)23-15(13)18-12(19)8-9-17-24(2,21)22/h17H,3-9H2,1-2H3,(H,16,20)(H,18,19). The normalized spacial score (nSPS) is 14.1. The fourth-order valence-electron chi connectivity index (χ4n) is 2.68. The number of aryl methyl sites for hydroxylation is 1. The maximum atomic E-state index is 12.4. The van der Waals surface area contributed by atoms with Gasteiger partial charge in [0.25, 0.3) is 5.91 Å². The van der Waals surface area contributed by atoms with E-state index in [2.05, 4.69) is 15.4 Å². The number of rotatable bonds is 7. The molecule has 9 heteroatoms. The van der Waals surface area contributed by atoms with E-state index in [-0.39, 0.29) is 24.8 Å². The largest absolute Gasteiger partial charge is 0.352 e. The molecule has 0 bridgehead atoms. The molecular weight excluding hydrogens is 350 g/mol. The molecule has 0 atom stereocenters. The van der Waals surface area contributed by atoms with Gasteiger partial charge >= 0.3 is 0 Å². The van der Waals surface area contributed by atoms with E-state index in [1.54, 1.807) is 0 Å². The van der Waals surface area contributed by atoms with Crippen LogP contribution in [0.25, 0.3) is 0 Å². The zero-order valence-electron chi connectivity index (χ0n) is 13.9. The van der Waals surface area contributed by atoms with E-state index < -0.39 is 10.0 Å². The molecule has 0 aliphatic heterocycles. The van der Waals surface area contributed by atoms with Crippen LogP contribution >= 0.6 is 11.3 Å². The van der Waals surface area contributed by atoms with Crippen molar-refractivity contribution >= 4 is 38.2 Å². The molecule has 1 aliphatic rings. The zero-order valence-corrected chi connectivity index (χ0v) is 15.5. The Morgan fingerprint density at radius 3 is 2.58 bits per heavy atom. The molecule has 0 saturated heterocycles. The molecular formula is C15H23N3O4S2. The summed E-state index contributed by atoms with van der Waals surface area (Å²) in [6, 6.07) is 0. The lowest BCUT2D eigenvalue weighted by molar-refractivity contribution is -0.116. The molecule has 134 valence electrons. The quantitative estimate of drug-likeness (QED) is 0.669. The number of carbonyl (C=O) groups excluding carboxylic acids is 2. The average molecular weight is 374 g/mol. The van der Waals surface area contributed by atoms with Gasteiger partial charge in [0.2, 0.25) is 15.9 Å². The number of carbonyl (C=O) groups is 2. The van der Waals surface area contributed by atoms with Gasteiger partial charge in [-0.05, 0) is 38.2 Å². The third-order valence-electron chi connectivity index (χ3n) is 3.70. The number of anilines is 1. The van der Waals surface area contributed by atoms with Crippen LogP contribution in [0.5, 0.6) is 0 Å². The first-order valence-electron chi connectivity index (χ1n) is 7.99. The minimum atomic E-state index is -3.32. The molecule has 1 aromatic rings. The van der Waals surface area contributed by atoms with Crippen LogP contribution in [0.1, 0.15) is 47.0 Å². The first-order valence-corrected chi connectivity index (χ1v) is 10.7. The Labute approximate surface area is 146 Å². The Morgan fingerprint density at radius 1 is 1.21 bits per heavy atom. The Bertz CT molecular complexity index is 725. The third kappa shape index (κ3) is 5.02. The van der Waals surface area contributed by atoms with Crippen molar-refractivity contribution in [2.45, 2.75) is 39.0 Å². The molecule has 0 fully saturated rings. The van der Waals surface area contributed by atoms with Gasteiger partial charge in [-0.1, -0.05) is 0 Å². The van der Waals surface area contributed by atoms with Crippen molar-refractivity contribution < 1.29 is 18.0 Å². The monoisotopic (exact) mass is 373 g/mol. The fraction of sp³-hybridized carbons (Fsp3) is 0.600. The second-order valence-corrected chi connectivity index (χ2v) is 8.68. The van der Waals surface area contributed by atoms with E-state index in [1.165, 1.54) is 11.3 Å². The molecule has 3 N–H and O–H groups in total. The van der Waals surface area contributed by atoms with E-state index in [1.807, 2.05) is 6.92 Å². The highest BCUT2D eigenvalue weighted by molar-refractivity contribution is 7.88. The number of hydrogen-bond acceptors (Lipinski definition) is 5. The number of sulfonamides is 1. The van der Waals surface area contributed by atoms with Gasteiger partial charge in [0, 0.05) is 24.4 Å². The Morgan fingerprint density at radius 2 is 1.92 bits per heavy atom. The lowest BCUT2D eigenvalue weighted by Crippen LogP contribution is -2.28. The zero-order chi connectivity index (χ0) is 17.7. The van der Waals surface area contributed by atoms with Crippen molar-refractivity contribution in [2.24, 2.45) is 0 Å². The van der Waals surface area contributed by atoms with E-state index in [0.717, 1.165) is 42.4 Å². The SMILES string of the molecule is CCNC(=O)c1c(NC(=O)CCNS(C)(=O)=O)sc2c1CCCC2.